The van der Waals surface area contributed by atoms with E-state index in [2.05, 4.69) is 21.8 Å². The average molecular weight is 329 g/mol. The zero-order valence-corrected chi connectivity index (χ0v) is 14.5. The molecular formula is C19H27N3O2. The third kappa shape index (κ3) is 2.94. The number of aliphatic hydroxyl groups is 1. The molecule has 1 N–H and O–H groups in total. The molecule has 2 fully saturated rings. The highest BCUT2D eigenvalue weighted by Crippen LogP contribution is 2.44. The molecule has 1 spiro atoms. The van der Waals surface area contributed by atoms with Crippen LogP contribution in [-0.4, -0.2) is 45.0 Å². The zero-order valence-electron chi connectivity index (χ0n) is 14.5. The van der Waals surface area contributed by atoms with Crippen LogP contribution in [0.3, 0.4) is 0 Å². The third-order valence-corrected chi connectivity index (χ3v) is 5.88. The Hall–Kier alpha value is -1.51. The molecule has 3 aliphatic rings. The molecule has 0 amide bonds. The van der Waals surface area contributed by atoms with Crippen molar-refractivity contribution in [3.05, 3.63) is 11.9 Å². The van der Waals surface area contributed by atoms with Crippen LogP contribution in [0.4, 0.5) is 0 Å². The predicted octanol–water partition coefficient (Wildman–Crippen LogP) is 2.67. The molecular weight excluding hydrogens is 302 g/mol. The lowest BCUT2D eigenvalue weighted by molar-refractivity contribution is -0.0529. The van der Waals surface area contributed by atoms with Crippen LogP contribution in [0.15, 0.2) is 6.20 Å². The first kappa shape index (κ1) is 16.0. The van der Waals surface area contributed by atoms with E-state index in [0.717, 1.165) is 43.9 Å². The van der Waals surface area contributed by atoms with Crippen molar-refractivity contribution in [1.82, 2.24) is 14.7 Å². The van der Waals surface area contributed by atoms with E-state index < -0.39 is 6.10 Å². The van der Waals surface area contributed by atoms with Crippen molar-refractivity contribution in [2.75, 3.05) is 19.6 Å². The smallest absolute Gasteiger partial charge is 0.163 e. The van der Waals surface area contributed by atoms with Gasteiger partial charge in [-0.1, -0.05) is 18.8 Å². The van der Waals surface area contributed by atoms with Gasteiger partial charge in [-0.3, -0.25) is 9.58 Å². The first-order valence-corrected chi connectivity index (χ1v) is 9.27. The van der Waals surface area contributed by atoms with E-state index in [9.17, 15) is 5.11 Å². The summed E-state index contributed by atoms with van der Waals surface area (Å²) in [5.74, 6) is 6.91. The Morgan fingerprint density at radius 2 is 2.08 bits per heavy atom. The van der Waals surface area contributed by atoms with Crippen LogP contribution < -0.4 is 4.74 Å². The van der Waals surface area contributed by atoms with Crippen molar-refractivity contribution < 1.29 is 9.84 Å². The van der Waals surface area contributed by atoms with Gasteiger partial charge in [-0.25, -0.2) is 0 Å². The van der Waals surface area contributed by atoms with Crippen molar-refractivity contribution >= 4 is 0 Å². The van der Waals surface area contributed by atoms with Crippen molar-refractivity contribution in [2.45, 2.75) is 69.6 Å². The van der Waals surface area contributed by atoms with Gasteiger partial charge in [0, 0.05) is 32.4 Å². The lowest BCUT2D eigenvalue weighted by atomic mass is 9.83. The van der Waals surface area contributed by atoms with Gasteiger partial charge in [0.05, 0.1) is 18.8 Å². The Morgan fingerprint density at radius 3 is 2.79 bits per heavy atom. The van der Waals surface area contributed by atoms with Gasteiger partial charge in [-0.2, -0.15) is 5.10 Å². The maximum absolute atomic E-state index is 10.7. The number of nitrogens with zero attached hydrogens (tertiary/aromatic N) is 3. The molecule has 1 saturated heterocycles. The van der Waals surface area contributed by atoms with Crippen LogP contribution in [0.5, 0.6) is 5.75 Å². The molecule has 0 bridgehead atoms. The number of ether oxygens (including phenoxy) is 1. The molecule has 4 rings (SSSR count). The van der Waals surface area contributed by atoms with Crippen molar-refractivity contribution in [3.63, 3.8) is 0 Å². The summed E-state index contributed by atoms with van der Waals surface area (Å²) in [7, 11) is 0. The van der Waals surface area contributed by atoms with Crippen LogP contribution in [0, 0.1) is 11.8 Å². The Bertz CT molecular complexity index is 643. The number of rotatable bonds is 2. The second kappa shape index (κ2) is 6.42. The summed E-state index contributed by atoms with van der Waals surface area (Å²) in [6.07, 6.45) is 9.02. The fourth-order valence-electron chi connectivity index (χ4n) is 4.39. The molecule has 5 heteroatoms. The topological polar surface area (TPSA) is 50.5 Å². The minimum atomic E-state index is -0.501. The summed E-state index contributed by atoms with van der Waals surface area (Å²) in [4.78, 5) is 2.37. The van der Waals surface area contributed by atoms with Gasteiger partial charge >= 0.3 is 0 Å². The number of piperidine rings is 1. The summed E-state index contributed by atoms with van der Waals surface area (Å²) in [6, 6.07) is 0.483. The van der Waals surface area contributed by atoms with E-state index in [1.165, 1.54) is 25.7 Å². The van der Waals surface area contributed by atoms with E-state index in [4.69, 9.17) is 4.74 Å². The van der Waals surface area contributed by atoms with E-state index in [1.54, 1.807) is 0 Å². The van der Waals surface area contributed by atoms with Crippen LogP contribution in [-0.2, 0) is 0 Å². The normalized spacial score (nSPS) is 26.7. The van der Waals surface area contributed by atoms with Gasteiger partial charge in [-0.05, 0) is 19.8 Å². The van der Waals surface area contributed by atoms with Gasteiger partial charge in [-0.15, -0.1) is 5.92 Å². The SMILES string of the molecule is CC#CCN1CCC2(CC1)CC(O)c1nn(C3CCCC3)cc1O2. The fraction of sp³-hybridized carbons (Fsp3) is 0.737. The molecule has 1 aromatic heterocycles. The number of hydrogen-bond donors (Lipinski definition) is 1. The summed E-state index contributed by atoms with van der Waals surface area (Å²) in [5, 5.41) is 15.3. The second-order valence-electron chi connectivity index (χ2n) is 7.50. The Labute approximate surface area is 144 Å². The highest BCUT2D eigenvalue weighted by molar-refractivity contribution is 5.31. The quantitative estimate of drug-likeness (QED) is 0.848. The summed E-state index contributed by atoms with van der Waals surface area (Å²) >= 11 is 0. The molecule has 130 valence electrons. The highest BCUT2D eigenvalue weighted by atomic mass is 16.5. The Morgan fingerprint density at radius 1 is 1.33 bits per heavy atom. The highest BCUT2D eigenvalue weighted by Gasteiger charge is 2.44. The van der Waals surface area contributed by atoms with Gasteiger partial charge in [0.25, 0.3) is 0 Å². The van der Waals surface area contributed by atoms with Crippen molar-refractivity contribution in [3.8, 4) is 17.6 Å². The van der Waals surface area contributed by atoms with Crippen LogP contribution in [0.25, 0.3) is 0 Å². The van der Waals surface area contributed by atoms with Gasteiger partial charge in [0.2, 0.25) is 0 Å². The molecule has 1 aliphatic carbocycles. The first-order chi connectivity index (χ1) is 11.7. The van der Waals surface area contributed by atoms with E-state index in [0.29, 0.717) is 12.5 Å². The van der Waals surface area contributed by atoms with Gasteiger partial charge < -0.3 is 9.84 Å². The van der Waals surface area contributed by atoms with Crippen LogP contribution in [0.1, 0.15) is 69.7 Å². The largest absolute Gasteiger partial charge is 0.483 e. The number of aromatic nitrogens is 2. The maximum Gasteiger partial charge on any atom is 0.163 e. The summed E-state index contributed by atoms with van der Waals surface area (Å²) < 4.78 is 8.47. The van der Waals surface area contributed by atoms with Gasteiger partial charge in [0.1, 0.15) is 17.4 Å². The van der Waals surface area contributed by atoms with Gasteiger partial charge in [0.15, 0.2) is 5.75 Å². The molecule has 1 atom stereocenters. The van der Waals surface area contributed by atoms with E-state index in [1.807, 2.05) is 17.8 Å². The Kier molecular flexibility index (Phi) is 4.28. The maximum atomic E-state index is 10.7. The van der Waals surface area contributed by atoms with Crippen LogP contribution >= 0.6 is 0 Å². The minimum absolute atomic E-state index is 0.230. The average Bonchev–Trinajstić information content (AvgIpc) is 3.23. The summed E-state index contributed by atoms with van der Waals surface area (Å²) in [5.41, 5.74) is 0.512. The van der Waals surface area contributed by atoms with E-state index >= 15 is 0 Å². The first-order valence-electron chi connectivity index (χ1n) is 9.27. The minimum Gasteiger partial charge on any atom is -0.483 e. The molecule has 5 nitrogen and oxygen atoms in total. The summed E-state index contributed by atoms with van der Waals surface area (Å²) in [6.45, 7) is 4.68. The lowest BCUT2D eigenvalue weighted by Gasteiger charge is -2.44. The molecule has 1 saturated carbocycles. The number of likely N-dealkylation sites (tertiary alicyclic amines) is 1. The number of aliphatic hydroxyl groups excluding tert-OH is 1. The van der Waals surface area contributed by atoms with E-state index in [-0.39, 0.29) is 5.60 Å². The van der Waals surface area contributed by atoms with Crippen LogP contribution in [0.2, 0.25) is 0 Å². The standard InChI is InChI=1S/C19H27N3O2/c1-2-3-10-21-11-8-19(9-12-21)13-16(23)18-17(24-19)14-22(20-18)15-6-4-5-7-15/h14-16,23H,4-13H2,1H3. The Balaban J connectivity index is 1.48. The molecule has 1 unspecified atom stereocenters. The molecule has 1 aromatic rings. The molecule has 3 heterocycles. The predicted molar refractivity (Wildman–Crippen MR) is 91.8 cm³/mol. The fourth-order valence-corrected chi connectivity index (χ4v) is 4.39. The second-order valence-corrected chi connectivity index (χ2v) is 7.50. The monoisotopic (exact) mass is 329 g/mol. The number of fused-ring (bicyclic) bond motifs is 1. The molecule has 24 heavy (non-hydrogen) atoms. The molecule has 0 aromatic carbocycles. The van der Waals surface area contributed by atoms with Crippen molar-refractivity contribution in [2.24, 2.45) is 0 Å². The molecule has 2 aliphatic heterocycles. The van der Waals surface area contributed by atoms with Crippen molar-refractivity contribution in [1.29, 1.82) is 0 Å². The lowest BCUT2D eigenvalue weighted by Crippen LogP contribution is -2.50. The zero-order chi connectivity index (χ0) is 16.6. The third-order valence-electron chi connectivity index (χ3n) is 5.88. The molecule has 0 radical (unpaired) electrons. The number of hydrogen-bond acceptors (Lipinski definition) is 4.